The lowest BCUT2D eigenvalue weighted by Gasteiger charge is -2.34. The minimum absolute atomic E-state index is 0.325. The van der Waals surface area contributed by atoms with Crippen LogP contribution in [0.2, 0.25) is 0 Å². The predicted molar refractivity (Wildman–Crippen MR) is 76.7 cm³/mol. The fourth-order valence-electron chi connectivity index (χ4n) is 2.94. The van der Waals surface area contributed by atoms with Gasteiger partial charge in [0, 0.05) is 32.6 Å². The standard InChI is InChI=1S/C15H25N3O/c1-2-8-17-9-11-18(12-10-17)15(19)6-5-14-4-3-7-16-13-14/h1,14,16H,3-13H2. The van der Waals surface area contributed by atoms with Crippen LogP contribution in [0.3, 0.4) is 0 Å². The van der Waals surface area contributed by atoms with Gasteiger partial charge in [0.2, 0.25) is 5.91 Å². The molecule has 1 atom stereocenters. The van der Waals surface area contributed by atoms with Gasteiger partial charge in [0.05, 0.1) is 6.54 Å². The van der Waals surface area contributed by atoms with E-state index in [0.29, 0.717) is 24.8 Å². The van der Waals surface area contributed by atoms with Crippen LogP contribution in [0.25, 0.3) is 0 Å². The van der Waals surface area contributed by atoms with Crippen LogP contribution in [0.4, 0.5) is 0 Å². The molecule has 1 amide bonds. The van der Waals surface area contributed by atoms with Crippen molar-refractivity contribution in [2.75, 3.05) is 45.8 Å². The smallest absolute Gasteiger partial charge is 0.222 e. The summed E-state index contributed by atoms with van der Waals surface area (Å²) in [4.78, 5) is 16.4. The lowest BCUT2D eigenvalue weighted by Crippen LogP contribution is -2.48. The summed E-state index contributed by atoms with van der Waals surface area (Å²) in [5.74, 6) is 3.68. The van der Waals surface area contributed by atoms with Crippen LogP contribution in [-0.4, -0.2) is 61.5 Å². The molecule has 0 radical (unpaired) electrons. The molecule has 0 saturated carbocycles. The largest absolute Gasteiger partial charge is 0.340 e. The van der Waals surface area contributed by atoms with Crippen LogP contribution >= 0.6 is 0 Å². The van der Waals surface area contributed by atoms with E-state index in [1.54, 1.807) is 0 Å². The van der Waals surface area contributed by atoms with E-state index in [1.807, 2.05) is 4.90 Å². The first-order valence-corrected chi connectivity index (χ1v) is 7.44. The maximum Gasteiger partial charge on any atom is 0.222 e. The van der Waals surface area contributed by atoms with Crippen LogP contribution < -0.4 is 5.32 Å². The molecule has 2 fully saturated rings. The third-order valence-corrected chi connectivity index (χ3v) is 4.21. The minimum Gasteiger partial charge on any atom is -0.340 e. The molecule has 0 aliphatic carbocycles. The summed E-state index contributed by atoms with van der Waals surface area (Å²) in [7, 11) is 0. The van der Waals surface area contributed by atoms with Gasteiger partial charge in [0.1, 0.15) is 0 Å². The summed E-state index contributed by atoms with van der Waals surface area (Å²) < 4.78 is 0. The van der Waals surface area contributed by atoms with Gasteiger partial charge in [-0.2, -0.15) is 0 Å². The van der Waals surface area contributed by atoms with Crippen molar-refractivity contribution in [3.05, 3.63) is 0 Å². The Morgan fingerprint density at radius 2 is 2.11 bits per heavy atom. The monoisotopic (exact) mass is 263 g/mol. The number of carbonyl (C=O) groups excluding carboxylic acids is 1. The fourth-order valence-corrected chi connectivity index (χ4v) is 2.94. The topological polar surface area (TPSA) is 35.6 Å². The molecule has 2 aliphatic heterocycles. The van der Waals surface area contributed by atoms with Gasteiger partial charge in [0.25, 0.3) is 0 Å². The molecule has 106 valence electrons. The second kappa shape index (κ2) is 7.52. The molecular weight excluding hydrogens is 238 g/mol. The van der Waals surface area contributed by atoms with Crippen LogP contribution in [0, 0.1) is 18.3 Å². The third kappa shape index (κ3) is 4.52. The quantitative estimate of drug-likeness (QED) is 0.752. The molecule has 4 nitrogen and oxygen atoms in total. The molecule has 2 saturated heterocycles. The lowest BCUT2D eigenvalue weighted by molar-refractivity contribution is -0.133. The van der Waals surface area contributed by atoms with Gasteiger partial charge in [-0.1, -0.05) is 5.92 Å². The van der Waals surface area contributed by atoms with Crippen molar-refractivity contribution in [1.29, 1.82) is 0 Å². The van der Waals surface area contributed by atoms with Gasteiger partial charge in [-0.05, 0) is 38.3 Å². The average Bonchev–Trinajstić information content (AvgIpc) is 2.47. The van der Waals surface area contributed by atoms with E-state index in [0.717, 1.165) is 45.7 Å². The molecule has 0 aromatic heterocycles. The second-order valence-corrected chi connectivity index (χ2v) is 5.61. The lowest BCUT2D eigenvalue weighted by atomic mass is 9.94. The number of nitrogens with zero attached hydrogens (tertiary/aromatic N) is 2. The van der Waals surface area contributed by atoms with Crippen molar-refractivity contribution in [2.24, 2.45) is 5.92 Å². The van der Waals surface area contributed by atoms with Crippen LogP contribution in [-0.2, 0) is 4.79 Å². The van der Waals surface area contributed by atoms with Crippen molar-refractivity contribution in [1.82, 2.24) is 15.1 Å². The highest BCUT2D eigenvalue weighted by Gasteiger charge is 2.21. The van der Waals surface area contributed by atoms with Gasteiger partial charge in [0.15, 0.2) is 0 Å². The molecule has 19 heavy (non-hydrogen) atoms. The van der Waals surface area contributed by atoms with Gasteiger partial charge in [-0.3, -0.25) is 9.69 Å². The number of carbonyl (C=O) groups is 1. The first-order valence-electron chi connectivity index (χ1n) is 7.44. The summed E-state index contributed by atoms with van der Waals surface area (Å²) in [5, 5.41) is 3.41. The molecule has 0 spiro atoms. The number of hydrogen-bond donors (Lipinski definition) is 1. The van der Waals surface area contributed by atoms with Crippen molar-refractivity contribution < 1.29 is 4.79 Å². The first kappa shape index (κ1) is 14.4. The number of hydrogen-bond acceptors (Lipinski definition) is 3. The van der Waals surface area contributed by atoms with Crippen LogP contribution in [0.5, 0.6) is 0 Å². The van der Waals surface area contributed by atoms with E-state index in [2.05, 4.69) is 16.1 Å². The van der Waals surface area contributed by atoms with E-state index < -0.39 is 0 Å². The molecule has 1 unspecified atom stereocenters. The molecule has 0 aromatic carbocycles. The summed E-state index contributed by atoms with van der Waals surface area (Å²) >= 11 is 0. The fraction of sp³-hybridized carbons (Fsp3) is 0.800. The third-order valence-electron chi connectivity index (χ3n) is 4.21. The van der Waals surface area contributed by atoms with Gasteiger partial charge in [-0.25, -0.2) is 0 Å². The summed E-state index contributed by atoms with van der Waals surface area (Å²) in [5.41, 5.74) is 0. The Labute approximate surface area is 116 Å². The summed E-state index contributed by atoms with van der Waals surface area (Å²) in [6.07, 6.45) is 9.58. The average molecular weight is 263 g/mol. The molecule has 2 aliphatic rings. The van der Waals surface area contributed by atoms with Crippen LogP contribution in [0.15, 0.2) is 0 Å². The van der Waals surface area contributed by atoms with Crippen molar-refractivity contribution in [3.8, 4) is 12.3 Å². The molecule has 2 rings (SSSR count). The number of piperidine rings is 1. The number of nitrogens with one attached hydrogen (secondary N) is 1. The number of rotatable bonds is 4. The van der Waals surface area contributed by atoms with E-state index in [1.165, 1.54) is 12.8 Å². The Morgan fingerprint density at radius 3 is 2.74 bits per heavy atom. The molecule has 1 N–H and O–H groups in total. The highest BCUT2D eigenvalue weighted by molar-refractivity contribution is 5.76. The summed E-state index contributed by atoms with van der Waals surface area (Å²) in [6, 6.07) is 0. The van der Waals surface area contributed by atoms with Gasteiger partial charge < -0.3 is 10.2 Å². The van der Waals surface area contributed by atoms with Gasteiger partial charge >= 0.3 is 0 Å². The van der Waals surface area contributed by atoms with E-state index >= 15 is 0 Å². The van der Waals surface area contributed by atoms with E-state index in [4.69, 9.17) is 6.42 Å². The Balaban J connectivity index is 1.65. The predicted octanol–water partition coefficient (Wildman–Crippen LogP) is 0.544. The molecule has 4 heteroatoms. The minimum atomic E-state index is 0.325. The zero-order chi connectivity index (χ0) is 13.5. The number of terminal acetylenes is 1. The van der Waals surface area contributed by atoms with Crippen molar-refractivity contribution >= 4 is 5.91 Å². The molecule has 2 heterocycles. The van der Waals surface area contributed by atoms with E-state index in [9.17, 15) is 4.79 Å². The Kier molecular flexibility index (Phi) is 5.68. The van der Waals surface area contributed by atoms with Crippen LogP contribution in [0.1, 0.15) is 25.7 Å². The number of amides is 1. The first-order chi connectivity index (χ1) is 9.29. The highest BCUT2D eigenvalue weighted by Crippen LogP contribution is 2.17. The number of piperazine rings is 1. The Bertz CT molecular complexity index is 323. The maximum atomic E-state index is 12.2. The Hall–Kier alpha value is -1.05. The molecular formula is C15H25N3O. The molecule has 0 bridgehead atoms. The highest BCUT2D eigenvalue weighted by atomic mass is 16.2. The van der Waals surface area contributed by atoms with E-state index in [-0.39, 0.29) is 0 Å². The summed E-state index contributed by atoms with van der Waals surface area (Å²) in [6.45, 7) is 6.44. The normalized spacial score (nSPS) is 25.0. The zero-order valence-electron chi connectivity index (χ0n) is 11.7. The molecule has 0 aromatic rings. The zero-order valence-corrected chi connectivity index (χ0v) is 11.7. The SMILES string of the molecule is C#CCN1CCN(C(=O)CCC2CCCNC2)CC1. The maximum absolute atomic E-state index is 12.2. The van der Waals surface area contributed by atoms with Gasteiger partial charge in [-0.15, -0.1) is 6.42 Å². The second-order valence-electron chi connectivity index (χ2n) is 5.61. The Morgan fingerprint density at radius 1 is 1.32 bits per heavy atom. The van der Waals surface area contributed by atoms with Crippen molar-refractivity contribution in [2.45, 2.75) is 25.7 Å². The van der Waals surface area contributed by atoms with Crippen molar-refractivity contribution in [3.63, 3.8) is 0 Å².